The molecule has 9 heteroatoms. The Kier molecular flexibility index (Phi) is 6.91. The zero-order valence-electron chi connectivity index (χ0n) is 13.5. The summed E-state index contributed by atoms with van der Waals surface area (Å²) in [6.45, 7) is 2.89. The van der Waals surface area contributed by atoms with Gasteiger partial charge in [-0.25, -0.2) is 0 Å². The molecule has 0 saturated carbocycles. The number of rotatable bonds is 7. The van der Waals surface area contributed by atoms with E-state index in [1.165, 1.54) is 18.3 Å². The molecule has 7 nitrogen and oxygen atoms in total. The van der Waals surface area contributed by atoms with Gasteiger partial charge >= 0.3 is 0 Å². The average Bonchev–Trinajstić information content (AvgIpc) is 3.03. The van der Waals surface area contributed by atoms with Gasteiger partial charge in [-0.1, -0.05) is 24.9 Å². The predicted molar refractivity (Wildman–Crippen MR) is 102 cm³/mol. The van der Waals surface area contributed by atoms with Gasteiger partial charge in [0.25, 0.3) is 5.69 Å². The summed E-state index contributed by atoms with van der Waals surface area (Å²) in [4.78, 5) is 10.2. The minimum atomic E-state index is -0.501. The molecule has 0 aliphatic carbocycles. The lowest BCUT2D eigenvalue weighted by Gasteiger charge is -2.04. The van der Waals surface area contributed by atoms with Crippen molar-refractivity contribution in [2.24, 2.45) is 5.10 Å². The number of hydrogen-bond acceptors (Lipinski definition) is 5. The summed E-state index contributed by atoms with van der Waals surface area (Å²) in [5.74, 6) is 0.985. The fraction of sp³-hybridized carbons (Fsp3) is 0.250. The molecule has 2 N–H and O–H groups in total. The van der Waals surface area contributed by atoms with Crippen LogP contribution in [0.25, 0.3) is 11.3 Å². The number of furan rings is 1. The van der Waals surface area contributed by atoms with Gasteiger partial charge in [-0.2, -0.15) is 5.10 Å². The third kappa shape index (κ3) is 5.54. The van der Waals surface area contributed by atoms with Crippen molar-refractivity contribution in [3.8, 4) is 11.3 Å². The molecule has 2 aromatic rings. The number of hydrogen-bond donors (Lipinski definition) is 2. The van der Waals surface area contributed by atoms with Crippen LogP contribution in [0.15, 0.2) is 39.9 Å². The van der Waals surface area contributed by atoms with Crippen LogP contribution in [-0.2, 0) is 0 Å². The molecule has 0 fully saturated rings. The van der Waals surface area contributed by atoms with Gasteiger partial charge < -0.3 is 9.73 Å². The van der Waals surface area contributed by atoms with Crippen LogP contribution < -0.4 is 10.7 Å². The monoisotopic (exact) mass is 380 g/mol. The van der Waals surface area contributed by atoms with Crippen molar-refractivity contribution < 1.29 is 9.34 Å². The topological polar surface area (TPSA) is 92.7 Å². The number of unbranched alkanes of at least 4 members (excludes halogenated alkanes) is 1. The minimum Gasteiger partial charge on any atom is -0.455 e. The van der Waals surface area contributed by atoms with Crippen LogP contribution in [0, 0.1) is 10.1 Å². The average molecular weight is 381 g/mol. The second kappa shape index (κ2) is 9.14. The Labute approximate surface area is 155 Å². The summed E-state index contributed by atoms with van der Waals surface area (Å²) in [5, 5.41) is 18.4. The molecule has 0 amide bonds. The number of benzene rings is 1. The summed E-state index contributed by atoms with van der Waals surface area (Å²) < 4.78 is 5.62. The molecule has 0 saturated heterocycles. The van der Waals surface area contributed by atoms with Crippen LogP contribution in [0.5, 0.6) is 0 Å². The van der Waals surface area contributed by atoms with Crippen molar-refractivity contribution in [1.29, 1.82) is 0 Å². The van der Waals surface area contributed by atoms with Crippen LogP contribution in [0.1, 0.15) is 25.5 Å². The van der Waals surface area contributed by atoms with Gasteiger partial charge in [0.1, 0.15) is 11.5 Å². The predicted octanol–water partition coefficient (Wildman–Crippen LogP) is 4.11. The lowest BCUT2D eigenvalue weighted by Crippen LogP contribution is -2.32. The van der Waals surface area contributed by atoms with E-state index in [1.807, 2.05) is 0 Å². The fourth-order valence-corrected chi connectivity index (χ4v) is 2.38. The lowest BCUT2D eigenvalue weighted by molar-refractivity contribution is -0.384. The minimum absolute atomic E-state index is 0.0737. The quantitative estimate of drug-likeness (QED) is 0.247. The molecule has 2 rings (SSSR count). The molecule has 1 aromatic heterocycles. The second-order valence-corrected chi connectivity index (χ2v) is 5.92. The molecule has 0 bridgehead atoms. The zero-order valence-corrected chi connectivity index (χ0v) is 15.1. The molecule has 0 radical (unpaired) electrons. The summed E-state index contributed by atoms with van der Waals surface area (Å²) in [5.41, 5.74) is 3.19. The molecule has 132 valence electrons. The van der Waals surface area contributed by atoms with Crippen molar-refractivity contribution >= 4 is 40.8 Å². The Morgan fingerprint density at radius 3 is 2.92 bits per heavy atom. The lowest BCUT2D eigenvalue weighted by atomic mass is 10.1. The van der Waals surface area contributed by atoms with E-state index in [2.05, 4.69) is 22.8 Å². The van der Waals surface area contributed by atoms with Gasteiger partial charge in [0.15, 0.2) is 5.11 Å². The highest BCUT2D eigenvalue weighted by atomic mass is 35.5. The molecule has 25 heavy (non-hydrogen) atoms. The maximum atomic E-state index is 10.7. The number of nitro groups is 1. The molecule has 0 unspecified atom stereocenters. The van der Waals surface area contributed by atoms with E-state index in [4.69, 9.17) is 28.2 Å². The summed E-state index contributed by atoms with van der Waals surface area (Å²) in [7, 11) is 0. The number of halogens is 1. The number of hydrazone groups is 1. The molecular weight excluding hydrogens is 364 g/mol. The summed E-state index contributed by atoms with van der Waals surface area (Å²) in [6.07, 6.45) is 3.60. The number of thiocarbonyl (C=S) groups is 1. The van der Waals surface area contributed by atoms with Crippen LogP contribution in [0.2, 0.25) is 5.02 Å². The highest BCUT2D eigenvalue weighted by molar-refractivity contribution is 7.80. The maximum Gasteiger partial charge on any atom is 0.270 e. The van der Waals surface area contributed by atoms with Crippen LogP contribution >= 0.6 is 23.8 Å². The van der Waals surface area contributed by atoms with Crippen LogP contribution in [0.4, 0.5) is 5.69 Å². The summed E-state index contributed by atoms with van der Waals surface area (Å²) in [6, 6.07) is 7.64. The van der Waals surface area contributed by atoms with Crippen LogP contribution in [-0.4, -0.2) is 22.8 Å². The number of non-ortho nitro benzene ring substituents is 1. The largest absolute Gasteiger partial charge is 0.455 e. The first-order chi connectivity index (χ1) is 12.0. The van der Waals surface area contributed by atoms with Crippen LogP contribution in [0.3, 0.4) is 0 Å². The third-order valence-corrected chi connectivity index (χ3v) is 3.78. The fourth-order valence-electron chi connectivity index (χ4n) is 1.96. The highest BCUT2D eigenvalue weighted by Crippen LogP contribution is 2.31. The van der Waals surface area contributed by atoms with E-state index in [0.717, 1.165) is 19.4 Å². The van der Waals surface area contributed by atoms with Gasteiger partial charge in [0, 0.05) is 24.2 Å². The van der Waals surface area contributed by atoms with E-state index < -0.39 is 4.92 Å². The van der Waals surface area contributed by atoms with E-state index in [-0.39, 0.29) is 10.7 Å². The van der Waals surface area contributed by atoms with Gasteiger partial charge in [0.2, 0.25) is 0 Å². The van der Waals surface area contributed by atoms with Gasteiger partial charge in [-0.15, -0.1) is 0 Å². The molecule has 0 spiro atoms. The smallest absolute Gasteiger partial charge is 0.270 e. The standard InChI is InChI=1S/C16H17ClN4O3S/c1-2-3-8-18-16(25)20-19-10-12-5-7-15(24-12)13-6-4-11(21(22)23)9-14(13)17/h4-7,9-10H,2-3,8H2,1H3,(H2,18,20,25)/b19-10-. The first kappa shape index (κ1) is 18.9. The molecule has 0 atom stereocenters. The molecule has 1 aromatic carbocycles. The zero-order chi connectivity index (χ0) is 18.2. The van der Waals surface area contributed by atoms with E-state index >= 15 is 0 Å². The van der Waals surface area contributed by atoms with Crippen molar-refractivity contribution in [2.75, 3.05) is 6.54 Å². The number of nitro benzene ring substituents is 1. The van der Waals surface area contributed by atoms with Crippen molar-refractivity contribution in [3.05, 3.63) is 51.2 Å². The first-order valence-electron chi connectivity index (χ1n) is 7.62. The first-order valence-corrected chi connectivity index (χ1v) is 8.41. The van der Waals surface area contributed by atoms with E-state index in [9.17, 15) is 10.1 Å². The maximum absolute atomic E-state index is 10.7. The van der Waals surface area contributed by atoms with Crippen molar-refractivity contribution in [2.45, 2.75) is 19.8 Å². The third-order valence-electron chi connectivity index (χ3n) is 3.23. The van der Waals surface area contributed by atoms with Gasteiger partial charge in [0.05, 0.1) is 16.2 Å². The van der Waals surface area contributed by atoms with Crippen molar-refractivity contribution in [3.63, 3.8) is 0 Å². The number of nitrogens with one attached hydrogen (secondary N) is 2. The van der Waals surface area contributed by atoms with E-state index in [0.29, 0.717) is 22.2 Å². The van der Waals surface area contributed by atoms with Gasteiger partial charge in [-0.05, 0) is 36.8 Å². The Morgan fingerprint density at radius 2 is 2.24 bits per heavy atom. The summed E-state index contributed by atoms with van der Waals surface area (Å²) >= 11 is 11.2. The normalized spacial score (nSPS) is 10.8. The van der Waals surface area contributed by atoms with Gasteiger partial charge in [-0.3, -0.25) is 15.5 Å². The highest BCUT2D eigenvalue weighted by Gasteiger charge is 2.13. The molecule has 0 aliphatic heterocycles. The van der Waals surface area contributed by atoms with Crippen molar-refractivity contribution in [1.82, 2.24) is 10.7 Å². The Balaban J connectivity index is 1.99. The SMILES string of the molecule is CCCCNC(=S)N/N=C\c1ccc(-c2ccc([N+](=O)[O-])cc2Cl)o1. The Morgan fingerprint density at radius 1 is 1.44 bits per heavy atom. The molecular formula is C16H17ClN4O3S. The number of nitrogens with zero attached hydrogens (tertiary/aromatic N) is 2. The Hall–Kier alpha value is -2.45. The molecule has 0 aliphatic rings. The second-order valence-electron chi connectivity index (χ2n) is 5.10. The van der Waals surface area contributed by atoms with E-state index in [1.54, 1.807) is 18.2 Å². The molecule has 1 heterocycles. The Bertz CT molecular complexity index is 791.